The van der Waals surface area contributed by atoms with Gasteiger partial charge in [0.05, 0.1) is 29.4 Å². The molecule has 6 aliphatic rings. The predicted octanol–water partition coefficient (Wildman–Crippen LogP) is 9.81. The van der Waals surface area contributed by atoms with Crippen LogP contribution in [0.1, 0.15) is 151 Å². The van der Waals surface area contributed by atoms with Crippen molar-refractivity contribution in [3.05, 3.63) is 69.8 Å². The molecule has 6 unspecified atom stereocenters. The van der Waals surface area contributed by atoms with Crippen molar-refractivity contribution < 1.29 is 9.90 Å². The molecule has 2 aromatic rings. The maximum atomic E-state index is 13.2. The van der Waals surface area contributed by atoms with Gasteiger partial charge < -0.3 is 5.11 Å². The van der Waals surface area contributed by atoms with Gasteiger partial charge in [-0.15, -0.1) is 0 Å². The third-order valence-corrected chi connectivity index (χ3v) is 15.9. The van der Waals surface area contributed by atoms with Crippen LogP contribution in [-0.4, -0.2) is 17.0 Å². The highest BCUT2D eigenvalue weighted by Gasteiger charge is 2.63. The Balaban J connectivity index is 0.000000152. The zero-order valence-electron chi connectivity index (χ0n) is 30.2. The highest BCUT2D eigenvalue weighted by molar-refractivity contribution is 5.92. The molecule has 254 valence electrons. The van der Waals surface area contributed by atoms with Crippen LogP contribution in [0, 0.1) is 68.0 Å². The molecule has 0 heterocycles. The minimum absolute atomic E-state index is 0.0725. The van der Waals surface area contributed by atoms with Crippen molar-refractivity contribution >= 4 is 5.78 Å². The molecule has 1 N–H and O–H groups in total. The van der Waals surface area contributed by atoms with Crippen LogP contribution in [0.15, 0.2) is 36.4 Å². The molecule has 4 fully saturated rings. The van der Waals surface area contributed by atoms with Crippen LogP contribution < -0.4 is 0 Å². The Bertz CT molecular complexity index is 1700. The van der Waals surface area contributed by atoms with Crippen molar-refractivity contribution in [2.45, 2.75) is 137 Å². The smallest absolute Gasteiger partial charge is 0.144 e. The fraction of sp³-hybridized carbons (Fsp3) is 0.659. The number of nitrogens with zero attached hydrogens (tertiary/aromatic N) is 2. The first-order valence-corrected chi connectivity index (χ1v) is 19.2. The summed E-state index contributed by atoms with van der Waals surface area (Å²) in [5, 5.41) is 30.0. The molecule has 0 aromatic heterocycles. The molecule has 0 aliphatic heterocycles. The van der Waals surface area contributed by atoms with E-state index in [1.807, 2.05) is 18.2 Å². The summed E-state index contributed by atoms with van der Waals surface area (Å²) >= 11 is 0. The van der Waals surface area contributed by atoms with E-state index in [0.717, 1.165) is 81.8 Å². The van der Waals surface area contributed by atoms with Crippen LogP contribution in [0.4, 0.5) is 0 Å². The van der Waals surface area contributed by atoms with Crippen molar-refractivity contribution in [3.8, 4) is 12.1 Å². The maximum Gasteiger partial charge on any atom is 0.144 e. The van der Waals surface area contributed by atoms with E-state index in [1.165, 1.54) is 28.7 Å². The minimum Gasteiger partial charge on any atom is -0.392 e. The number of fused-ring (bicyclic) bond motifs is 10. The number of carbonyl (C=O) groups is 1. The summed E-state index contributed by atoms with van der Waals surface area (Å²) in [6.45, 7) is 13.5. The van der Waals surface area contributed by atoms with Crippen molar-refractivity contribution in [1.29, 1.82) is 10.5 Å². The molecule has 4 saturated carbocycles. The molecule has 2 aromatic carbocycles. The van der Waals surface area contributed by atoms with Crippen molar-refractivity contribution in [2.24, 2.45) is 45.3 Å². The van der Waals surface area contributed by atoms with Gasteiger partial charge in [0, 0.05) is 10.8 Å². The van der Waals surface area contributed by atoms with Crippen LogP contribution in [-0.2, 0) is 17.6 Å². The average molecular weight is 645 g/mol. The Morgan fingerprint density at radius 1 is 0.750 bits per heavy atom. The number of aliphatic hydroxyl groups excluding tert-OH is 1. The summed E-state index contributed by atoms with van der Waals surface area (Å²) in [5.74, 6) is 4.09. The van der Waals surface area contributed by atoms with Crippen LogP contribution in [0.3, 0.4) is 0 Å². The van der Waals surface area contributed by atoms with Gasteiger partial charge in [-0.05, 0) is 158 Å². The lowest BCUT2D eigenvalue weighted by atomic mass is 9.55. The van der Waals surface area contributed by atoms with Gasteiger partial charge in [-0.2, -0.15) is 10.5 Å². The van der Waals surface area contributed by atoms with Crippen LogP contribution in [0.5, 0.6) is 0 Å². The monoisotopic (exact) mass is 644 g/mol. The Hall–Kier alpha value is -2.95. The number of hydrogen-bond donors (Lipinski definition) is 1. The lowest BCUT2D eigenvalue weighted by Gasteiger charge is -2.50. The topological polar surface area (TPSA) is 84.9 Å². The van der Waals surface area contributed by atoms with Crippen LogP contribution in [0.25, 0.3) is 0 Å². The minimum atomic E-state index is -0.173. The number of nitriles is 2. The normalized spacial score (nSPS) is 41.9. The third-order valence-electron chi connectivity index (χ3n) is 15.9. The second-order valence-corrected chi connectivity index (χ2v) is 17.9. The van der Waals surface area contributed by atoms with Gasteiger partial charge in [0.25, 0.3) is 0 Å². The van der Waals surface area contributed by atoms with E-state index >= 15 is 0 Å². The molecule has 0 radical (unpaired) electrons. The Morgan fingerprint density at radius 2 is 1.29 bits per heavy atom. The zero-order chi connectivity index (χ0) is 34.2. The summed E-state index contributed by atoms with van der Waals surface area (Å²) in [6.07, 6.45) is 12.8. The summed E-state index contributed by atoms with van der Waals surface area (Å²) in [6, 6.07) is 17.3. The van der Waals surface area contributed by atoms with E-state index in [1.54, 1.807) is 0 Å². The number of carbonyl (C=O) groups excluding carboxylic acids is 1. The molecule has 0 saturated heterocycles. The van der Waals surface area contributed by atoms with E-state index < -0.39 is 0 Å². The second kappa shape index (κ2) is 11.8. The summed E-state index contributed by atoms with van der Waals surface area (Å²) in [7, 11) is 0. The molecule has 8 rings (SSSR count). The van der Waals surface area contributed by atoms with Gasteiger partial charge in [-0.25, -0.2) is 0 Å². The highest BCUT2D eigenvalue weighted by Crippen LogP contribution is 2.66. The Morgan fingerprint density at radius 3 is 1.81 bits per heavy atom. The first-order chi connectivity index (χ1) is 22.9. The fourth-order valence-corrected chi connectivity index (χ4v) is 12.8. The molecule has 0 spiro atoms. The van der Waals surface area contributed by atoms with Gasteiger partial charge in [0.2, 0.25) is 0 Å². The number of rotatable bonds is 2. The van der Waals surface area contributed by atoms with Crippen LogP contribution >= 0.6 is 0 Å². The Labute approximate surface area is 289 Å². The number of hydrogen-bond acceptors (Lipinski definition) is 4. The third kappa shape index (κ3) is 4.72. The van der Waals surface area contributed by atoms with E-state index in [0.29, 0.717) is 41.3 Å². The van der Waals surface area contributed by atoms with E-state index in [9.17, 15) is 20.4 Å². The molecule has 6 aliphatic carbocycles. The molecule has 0 amide bonds. The lowest BCUT2D eigenvalue weighted by Crippen LogP contribution is -2.45. The molecule has 48 heavy (non-hydrogen) atoms. The first kappa shape index (κ1) is 33.5. The van der Waals surface area contributed by atoms with Gasteiger partial charge in [0.1, 0.15) is 5.78 Å². The number of ketones is 1. The fourth-order valence-electron chi connectivity index (χ4n) is 12.8. The summed E-state index contributed by atoms with van der Waals surface area (Å²) < 4.78 is 0. The van der Waals surface area contributed by atoms with E-state index in [4.69, 9.17) is 0 Å². The number of benzene rings is 2. The Kier molecular flexibility index (Phi) is 8.27. The van der Waals surface area contributed by atoms with Gasteiger partial charge in [-0.3, -0.25) is 4.79 Å². The predicted molar refractivity (Wildman–Crippen MR) is 190 cm³/mol. The highest BCUT2D eigenvalue weighted by atomic mass is 16.3. The quantitative estimate of drug-likeness (QED) is 0.353. The van der Waals surface area contributed by atoms with E-state index in [-0.39, 0.29) is 27.8 Å². The largest absolute Gasteiger partial charge is 0.392 e. The molecular weight excluding hydrogens is 588 g/mol. The van der Waals surface area contributed by atoms with Gasteiger partial charge in [0.15, 0.2) is 0 Å². The zero-order valence-corrected chi connectivity index (χ0v) is 30.2. The molecule has 0 bridgehead atoms. The van der Waals surface area contributed by atoms with Crippen molar-refractivity contribution in [2.75, 3.05) is 0 Å². The second-order valence-electron chi connectivity index (χ2n) is 17.9. The van der Waals surface area contributed by atoms with Crippen LogP contribution in [0.2, 0.25) is 0 Å². The van der Waals surface area contributed by atoms with Gasteiger partial charge in [-0.1, -0.05) is 65.8 Å². The number of Topliss-reactive ketones (excluding diaryl/α,β-unsaturated/α-hetero) is 1. The SMILES string of the molecule is CC[C@@]1(C)CC2C3CCc4c(C#N)cccc4C3CC[C@]2(C)C1=O.CC[C@@]1(C)CC2C3CCc4c(C#N)cccc4C3CC[C@]2(C)[C@H]1O. The summed E-state index contributed by atoms with van der Waals surface area (Å²) in [5.41, 5.74) is 7.09. The number of aliphatic hydroxyl groups is 1. The lowest BCUT2D eigenvalue weighted by molar-refractivity contribution is -0.135. The average Bonchev–Trinajstić information content (AvgIpc) is 3.46. The van der Waals surface area contributed by atoms with E-state index in [2.05, 4.69) is 71.9 Å². The van der Waals surface area contributed by atoms with Gasteiger partial charge >= 0.3 is 0 Å². The summed E-state index contributed by atoms with van der Waals surface area (Å²) in [4.78, 5) is 13.2. The molecular formula is C44H56N2O2. The van der Waals surface area contributed by atoms with Crippen molar-refractivity contribution in [1.82, 2.24) is 0 Å². The molecule has 4 nitrogen and oxygen atoms in total. The maximum absolute atomic E-state index is 13.2. The first-order valence-electron chi connectivity index (χ1n) is 19.2. The molecule has 11 atom stereocenters. The standard InChI is InChI=1S/C22H29NO.C22H27NO/c2*1-4-21(2)12-19-18-9-8-15-14(13-23)6-5-7-16(15)17(18)10-11-22(19,3)20(21)24/h5-7,17-20,24H,4,8-12H2,1-3H3;5-7,17-19H,4,8-12H2,1-3H3/t17?,18?,19?,20-,21-,22-;17?,18?,19?,21-,22-/m00/s1. The van der Waals surface area contributed by atoms with Crippen molar-refractivity contribution in [3.63, 3.8) is 0 Å². The molecule has 4 heteroatoms.